The number of anilines is 2. The van der Waals surface area contributed by atoms with Crippen LogP contribution in [0.1, 0.15) is 52.5 Å². The van der Waals surface area contributed by atoms with Crippen LogP contribution in [-0.4, -0.2) is 44.2 Å². The van der Waals surface area contributed by atoms with Gasteiger partial charge in [0.15, 0.2) is 0 Å². The largest absolute Gasteiger partial charge is 0.475 e. The maximum Gasteiger partial charge on any atom is 0.321 e. The summed E-state index contributed by atoms with van der Waals surface area (Å²) in [5.74, 6) is -5.17. The molecule has 11 heteroatoms. The number of hydrogen-bond acceptors (Lipinski definition) is 6. The summed E-state index contributed by atoms with van der Waals surface area (Å²) < 4.78 is 47.4. The Hall–Kier alpha value is -2.85. The lowest BCUT2D eigenvalue weighted by atomic mass is 9.86. The van der Waals surface area contributed by atoms with Gasteiger partial charge in [-0.2, -0.15) is 23.3 Å². The van der Waals surface area contributed by atoms with E-state index in [0.717, 1.165) is 6.20 Å². The monoisotopic (exact) mass is 440 g/mol. The molecule has 3 rings (SSSR count). The maximum atomic E-state index is 14.1. The lowest BCUT2D eigenvalue weighted by Gasteiger charge is -2.29. The van der Waals surface area contributed by atoms with Gasteiger partial charge in [0.05, 0.1) is 24.7 Å². The van der Waals surface area contributed by atoms with Crippen LogP contribution in [0.3, 0.4) is 0 Å². The highest BCUT2D eigenvalue weighted by Gasteiger charge is 2.34. The van der Waals surface area contributed by atoms with E-state index in [0.29, 0.717) is 38.3 Å². The van der Waals surface area contributed by atoms with Crippen molar-refractivity contribution in [3.05, 3.63) is 24.4 Å². The number of rotatable bonds is 8. The van der Waals surface area contributed by atoms with E-state index in [4.69, 9.17) is 4.74 Å². The fourth-order valence-electron chi connectivity index (χ4n) is 3.31. The Morgan fingerprint density at radius 1 is 1.29 bits per heavy atom. The van der Waals surface area contributed by atoms with Gasteiger partial charge in [-0.25, -0.2) is 4.98 Å². The number of halogens is 3. The number of amides is 1. The molecule has 0 atom stereocenters. The zero-order valence-electron chi connectivity index (χ0n) is 17.7. The molecule has 2 aromatic heterocycles. The fraction of sp³-hybridized carbons (Fsp3) is 0.600. The van der Waals surface area contributed by atoms with E-state index in [1.165, 1.54) is 0 Å². The Kier molecular flexibility index (Phi) is 7.01. The van der Waals surface area contributed by atoms with Gasteiger partial charge in [0.1, 0.15) is 0 Å². The summed E-state index contributed by atoms with van der Waals surface area (Å²) in [6.45, 7) is 4.82. The van der Waals surface area contributed by atoms with Crippen LogP contribution in [0.25, 0.3) is 0 Å². The average molecular weight is 440 g/mol. The molecule has 0 radical (unpaired) electrons. The molecule has 0 spiro atoms. The van der Waals surface area contributed by atoms with E-state index < -0.39 is 17.6 Å². The first kappa shape index (κ1) is 22.8. The lowest BCUT2D eigenvalue weighted by Crippen LogP contribution is -2.45. The molecule has 0 aromatic carbocycles. The highest BCUT2D eigenvalue weighted by molar-refractivity contribution is 5.83. The topological polar surface area (TPSA) is 94.0 Å². The van der Waals surface area contributed by atoms with Crippen molar-refractivity contribution in [1.29, 1.82) is 0 Å². The van der Waals surface area contributed by atoms with Crippen molar-refractivity contribution >= 4 is 17.5 Å². The van der Waals surface area contributed by atoms with Gasteiger partial charge in [-0.3, -0.25) is 9.48 Å². The van der Waals surface area contributed by atoms with Gasteiger partial charge >= 0.3 is 5.92 Å². The van der Waals surface area contributed by atoms with E-state index in [1.807, 2.05) is 13.8 Å². The van der Waals surface area contributed by atoms with Gasteiger partial charge in [-0.1, -0.05) is 0 Å². The predicted octanol–water partition coefficient (Wildman–Crippen LogP) is 3.85. The van der Waals surface area contributed by atoms with Crippen molar-refractivity contribution in [2.75, 3.05) is 11.9 Å². The number of carbonyl (C=O) groups excluding carboxylic acids is 1. The first-order valence-corrected chi connectivity index (χ1v) is 10.3. The Bertz CT molecular complexity index is 891. The van der Waals surface area contributed by atoms with Crippen LogP contribution < -0.4 is 15.4 Å². The van der Waals surface area contributed by atoms with Gasteiger partial charge < -0.3 is 15.4 Å². The lowest BCUT2D eigenvalue weighted by molar-refractivity contribution is -0.144. The number of alkyl halides is 2. The molecule has 1 amide bonds. The summed E-state index contributed by atoms with van der Waals surface area (Å²) in [5.41, 5.74) is 0.671. The molecule has 31 heavy (non-hydrogen) atoms. The first-order chi connectivity index (χ1) is 14.6. The van der Waals surface area contributed by atoms with E-state index in [2.05, 4.69) is 25.7 Å². The van der Waals surface area contributed by atoms with Crippen LogP contribution in [0.4, 0.5) is 24.8 Å². The van der Waals surface area contributed by atoms with Crippen molar-refractivity contribution < 1.29 is 22.7 Å². The molecular formula is C20H27F3N6O2. The third kappa shape index (κ3) is 6.31. The summed E-state index contributed by atoms with van der Waals surface area (Å²) in [6.07, 6.45) is 6.93. The summed E-state index contributed by atoms with van der Waals surface area (Å²) in [5, 5.41) is 9.56. The molecule has 2 heterocycles. The summed E-state index contributed by atoms with van der Waals surface area (Å²) >= 11 is 0. The summed E-state index contributed by atoms with van der Waals surface area (Å²) in [4.78, 5) is 19.4. The Morgan fingerprint density at radius 3 is 2.61 bits per heavy atom. The Labute approximate surface area is 178 Å². The SMILES string of the molecule is CC(C)n1cc(Nc2ncc(F)c(OCC3CCC(NC(=O)C(C)(F)F)CC3)n2)cn1. The van der Waals surface area contributed by atoms with E-state index in [9.17, 15) is 18.0 Å². The fourth-order valence-corrected chi connectivity index (χ4v) is 3.31. The first-order valence-electron chi connectivity index (χ1n) is 10.3. The molecule has 0 bridgehead atoms. The molecule has 2 aromatic rings. The summed E-state index contributed by atoms with van der Waals surface area (Å²) in [7, 11) is 0. The van der Waals surface area contributed by atoms with Gasteiger partial charge in [0.25, 0.3) is 11.8 Å². The normalized spacial score (nSPS) is 19.3. The number of nitrogens with one attached hydrogen (secondary N) is 2. The van der Waals surface area contributed by atoms with Crippen LogP contribution in [0.15, 0.2) is 18.6 Å². The zero-order valence-corrected chi connectivity index (χ0v) is 17.7. The predicted molar refractivity (Wildman–Crippen MR) is 108 cm³/mol. The van der Waals surface area contributed by atoms with Crippen molar-refractivity contribution in [3.63, 3.8) is 0 Å². The second-order valence-corrected chi connectivity index (χ2v) is 8.16. The third-order valence-corrected chi connectivity index (χ3v) is 5.14. The third-order valence-electron chi connectivity index (χ3n) is 5.14. The number of hydrogen-bond donors (Lipinski definition) is 2. The van der Waals surface area contributed by atoms with Crippen LogP contribution in [-0.2, 0) is 4.79 Å². The number of nitrogens with zero attached hydrogens (tertiary/aromatic N) is 4. The van der Waals surface area contributed by atoms with E-state index >= 15 is 0 Å². The highest BCUT2D eigenvalue weighted by Crippen LogP contribution is 2.27. The van der Waals surface area contributed by atoms with Crippen LogP contribution in [0.5, 0.6) is 5.88 Å². The van der Waals surface area contributed by atoms with Crippen LogP contribution in [0, 0.1) is 11.7 Å². The number of aromatic nitrogens is 4. The molecule has 1 aliphatic carbocycles. The molecular weight excluding hydrogens is 413 g/mol. The van der Waals surface area contributed by atoms with Crippen molar-refractivity contribution in [3.8, 4) is 5.88 Å². The molecule has 0 unspecified atom stereocenters. The molecule has 0 saturated heterocycles. The molecule has 2 N–H and O–H groups in total. The molecule has 8 nitrogen and oxygen atoms in total. The van der Waals surface area contributed by atoms with Crippen molar-refractivity contribution in [1.82, 2.24) is 25.1 Å². The van der Waals surface area contributed by atoms with Gasteiger partial charge in [-0.05, 0) is 45.4 Å². The Balaban J connectivity index is 1.50. The quantitative estimate of drug-likeness (QED) is 0.648. The summed E-state index contributed by atoms with van der Waals surface area (Å²) in [6, 6.07) is -0.0848. The zero-order chi connectivity index (χ0) is 22.6. The van der Waals surface area contributed by atoms with Crippen molar-refractivity contribution in [2.24, 2.45) is 5.92 Å². The van der Waals surface area contributed by atoms with Gasteiger partial charge in [0, 0.05) is 25.2 Å². The van der Waals surface area contributed by atoms with Gasteiger partial charge in [0.2, 0.25) is 11.8 Å². The molecule has 1 fully saturated rings. The number of ether oxygens (including phenoxy) is 1. The van der Waals surface area contributed by atoms with Crippen LogP contribution in [0.2, 0.25) is 0 Å². The minimum atomic E-state index is -3.39. The standard InChI is InChI=1S/C20H27F3N6O2/c1-12(2)29-10-15(8-25-29)27-19-24-9-16(21)17(28-19)31-11-13-4-6-14(7-5-13)26-18(30)20(3,22)23/h8-10,12-14H,4-7,11H2,1-3H3,(H,26,30)(H,24,27,28). The molecule has 0 aliphatic heterocycles. The molecule has 1 aliphatic rings. The van der Waals surface area contributed by atoms with Crippen LogP contribution >= 0.6 is 0 Å². The average Bonchev–Trinajstić information content (AvgIpc) is 3.17. The molecule has 1 saturated carbocycles. The molecule has 170 valence electrons. The highest BCUT2D eigenvalue weighted by atomic mass is 19.3. The maximum absolute atomic E-state index is 14.1. The number of carbonyl (C=O) groups is 1. The second-order valence-electron chi connectivity index (χ2n) is 8.16. The smallest absolute Gasteiger partial charge is 0.321 e. The minimum Gasteiger partial charge on any atom is -0.475 e. The van der Waals surface area contributed by atoms with Gasteiger partial charge in [-0.15, -0.1) is 0 Å². The van der Waals surface area contributed by atoms with E-state index in [-0.39, 0.29) is 36.4 Å². The van der Waals surface area contributed by atoms with E-state index in [1.54, 1.807) is 17.1 Å². The minimum absolute atomic E-state index is 0.116. The van der Waals surface area contributed by atoms with Crippen molar-refractivity contribution in [2.45, 2.75) is 64.5 Å². The second kappa shape index (κ2) is 9.52. The Morgan fingerprint density at radius 2 is 2.00 bits per heavy atom.